The molecule has 0 aliphatic carbocycles. The summed E-state index contributed by atoms with van der Waals surface area (Å²) in [5.74, 6) is 1.39. The number of nitrogen functional groups attached to an aromatic ring is 1. The van der Waals surface area contributed by atoms with Crippen LogP contribution in [-0.4, -0.2) is 15.0 Å². The van der Waals surface area contributed by atoms with E-state index in [4.69, 9.17) is 15.7 Å². The second-order valence-electron chi connectivity index (χ2n) is 5.60. The molecule has 0 aliphatic heterocycles. The predicted octanol–water partition coefficient (Wildman–Crippen LogP) is 3.94. The largest absolute Gasteiger partial charge is 0.437 e. The van der Waals surface area contributed by atoms with Crippen molar-refractivity contribution in [1.29, 1.82) is 5.26 Å². The molecule has 4 rings (SSSR count). The molecule has 26 heavy (non-hydrogen) atoms. The van der Waals surface area contributed by atoms with Crippen LogP contribution in [-0.2, 0) is 0 Å². The molecule has 0 spiro atoms. The van der Waals surface area contributed by atoms with Crippen molar-refractivity contribution in [2.45, 2.75) is 0 Å². The number of hydrogen-bond acceptors (Lipinski definition) is 6. The molecule has 0 radical (unpaired) electrons. The van der Waals surface area contributed by atoms with Crippen molar-refractivity contribution in [2.75, 3.05) is 5.73 Å². The van der Waals surface area contributed by atoms with Gasteiger partial charge < -0.3 is 10.5 Å². The van der Waals surface area contributed by atoms with Gasteiger partial charge in [0.05, 0.1) is 17.3 Å². The summed E-state index contributed by atoms with van der Waals surface area (Å²) in [6.07, 6.45) is 1.44. The number of anilines is 1. The van der Waals surface area contributed by atoms with Crippen LogP contribution in [0.5, 0.6) is 11.6 Å². The van der Waals surface area contributed by atoms with Gasteiger partial charge in [0.1, 0.15) is 17.7 Å². The first-order valence-corrected chi connectivity index (χ1v) is 7.88. The average molecular weight is 339 g/mol. The molecule has 0 amide bonds. The number of fused-ring (bicyclic) bond motifs is 1. The Morgan fingerprint density at radius 1 is 0.962 bits per heavy atom. The second-order valence-corrected chi connectivity index (χ2v) is 5.60. The fourth-order valence-electron chi connectivity index (χ4n) is 2.60. The zero-order valence-corrected chi connectivity index (χ0v) is 13.6. The van der Waals surface area contributed by atoms with Gasteiger partial charge in [-0.3, -0.25) is 0 Å². The molecular formula is C20H13N5O. The van der Waals surface area contributed by atoms with Crippen LogP contribution in [0.4, 0.5) is 5.82 Å². The Morgan fingerprint density at radius 3 is 2.62 bits per heavy atom. The van der Waals surface area contributed by atoms with E-state index < -0.39 is 0 Å². The molecule has 0 unspecified atom stereocenters. The van der Waals surface area contributed by atoms with Crippen LogP contribution >= 0.6 is 0 Å². The monoisotopic (exact) mass is 339 g/mol. The minimum atomic E-state index is 0.399. The molecule has 0 bridgehead atoms. The van der Waals surface area contributed by atoms with Crippen molar-refractivity contribution in [2.24, 2.45) is 0 Å². The van der Waals surface area contributed by atoms with Gasteiger partial charge in [0, 0.05) is 17.0 Å². The Labute approximate surface area is 149 Å². The van der Waals surface area contributed by atoms with Crippen LogP contribution < -0.4 is 10.5 Å². The highest BCUT2D eigenvalue weighted by Gasteiger charge is 2.08. The number of hydrogen-bond donors (Lipinski definition) is 1. The van der Waals surface area contributed by atoms with Gasteiger partial charge in [-0.05, 0) is 30.3 Å². The van der Waals surface area contributed by atoms with E-state index in [1.807, 2.05) is 36.4 Å². The molecule has 0 aliphatic rings. The van der Waals surface area contributed by atoms with Crippen molar-refractivity contribution in [3.05, 3.63) is 72.6 Å². The lowest BCUT2D eigenvalue weighted by Gasteiger charge is -2.09. The lowest BCUT2D eigenvalue weighted by Crippen LogP contribution is -1.95. The van der Waals surface area contributed by atoms with Crippen molar-refractivity contribution < 1.29 is 4.74 Å². The number of nitrogens with two attached hydrogens (primary N) is 1. The number of nitrogens with zero attached hydrogens (tertiary/aromatic N) is 4. The maximum atomic E-state index is 8.90. The molecule has 0 saturated heterocycles. The van der Waals surface area contributed by atoms with Gasteiger partial charge in [-0.1, -0.05) is 24.3 Å². The maximum absolute atomic E-state index is 8.90. The third-order valence-corrected chi connectivity index (χ3v) is 3.87. The minimum Gasteiger partial charge on any atom is -0.437 e. The SMILES string of the molecule is N#Cc1ccc(-c2cc(Oc3cccc4ccc(N)nc34)ncn2)cc1. The number of aromatic nitrogens is 3. The Kier molecular flexibility index (Phi) is 3.88. The van der Waals surface area contributed by atoms with Crippen LogP contribution in [0, 0.1) is 11.3 Å². The molecule has 2 N–H and O–H groups in total. The number of pyridine rings is 1. The highest BCUT2D eigenvalue weighted by Crippen LogP contribution is 2.29. The summed E-state index contributed by atoms with van der Waals surface area (Å²) in [5, 5.41) is 9.83. The average Bonchev–Trinajstić information content (AvgIpc) is 2.69. The number of nitriles is 1. The van der Waals surface area contributed by atoms with Crippen molar-refractivity contribution >= 4 is 16.7 Å². The Morgan fingerprint density at radius 2 is 1.81 bits per heavy atom. The van der Waals surface area contributed by atoms with Crippen molar-refractivity contribution in [1.82, 2.24) is 15.0 Å². The molecule has 2 aromatic heterocycles. The van der Waals surface area contributed by atoms with Gasteiger partial charge >= 0.3 is 0 Å². The molecular weight excluding hydrogens is 326 g/mol. The van der Waals surface area contributed by atoms with E-state index >= 15 is 0 Å². The third kappa shape index (κ3) is 3.01. The lowest BCUT2D eigenvalue weighted by atomic mass is 10.1. The topological polar surface area (TPSA) is 97.7 Å². The van der Waals surface area contributed by atoms with Gasteiger partial charge in [0.25, 0.3) is 0 Å². The molecule has 2 heterocycles. The molecule has 0 atom stereocenters. The van der Waals surface area contributed by atoms with E-state index in [0.717, 1.165) is 10.9 Å². The second kappa shape index (κ2) is 6.49. The summed E-state index contributed by atoms with van der Waals surface area (Å²) in [7, 11) is 0. The summed E-state index contributed by atoms with van der Waals surface area (Å²) in [6, 6.07) is 20.3. The van der Waals surface area contributed by atoms with E-state index in [1.165, 1.54) is 6.33 Å². The van der Waals surface area contributed by atoms with E-state index in [1.54, 1.807) is 24.3 Å². The minimum absolute atomic E-state index is 0.399. The lowest BCUT2D eigenvalue weighted by molar-refractivity contribution is 0.466. The number of ether oxygens (including phenoxy) is 1. The first-order valence-electron chi connectivity index (χ1n) is 7.88. The van der Waals surface area contributed by atoms with Crippen LogP contribution in [0.2, 0.25) is 0 Å². The quantitative estimate of drug-likeness (QED) is 0.607. The summed E-state index contributed by atoms with van der Waals surface area (Å²) >= 11 is 0. The zero-order chi connectivity index (χ0) is 17.9. The van der Waals surface area contributed by atoms with Gasteiger partial charge in [-0.15, -0.1) is 0 Å². The van der Waals surface area contributed by atoms with Gasteiger partial charge in [-0.25, -0.2) is 15.0 Å². The van der Waals surface area contributed by atoms with Crippen LogP contribution in [0.25, 0.3) is 22.2 Å². The zero-order valence-electron chi connectivity index (χ0n) is 13.6. The van der Waals surface area contributed by atoms with Gasteiger partial charge in [0.2, 0.25) is 5.88 Å². The van der Waals surface area contributed by atoms with E-state index in [9.17, 15) is 0 Å². The van der Waals surface area contributed by atoms with E-state index in [-0.39, 0.29) is 0 Å². The van der Waals surface area contributed by atoms with E-state index in [0.29, 0.717) is 34.2 Å². The summed E-state index contributed by atoms with van der Waals surface area (Å²) in [5.41, 5.74) is 8.64. The standard InChI is InChI=1S/C20H13N5O/c21-11-13-4-6-14(7-5-13)16-10-19(24-12-23-16)26-17-3-1-2-15-8-9-18(22)25-20(15)17/h1-10,12H,(H2,22,25). The van der Waals surface area contributed by atoms with Crippen LogP contribution in [0.1, 0.15) is 5.56 Å². The number of benzene rings is 2. The summed E-state index contributed by atoms with van der Waals surface area (Å²) in [6.45, 7) is 0. The number of rotatable bonds is 3. The molecule has 0 saturated carbocycles. The predicted molar refractivity (Wildman–Crippen MR) is 98.4 cm³/mol. The molecule has 124 valence electrons. The molecule has 4 aromatic rings. The molecule has 2 aromatic carbocycles. The maximum Gasteiger partial charge on any atom is 0.222 e. The fourth-order valence-corrected chi connectivity index (χ4v) is 2.60. The first kappa shape index (κ1) is 15.5. The van der Waals surface area contributed by atoms with Gasteiger partial charge in [-0.2, -0.15) is 5.26 Å². The normalized spacial score (nSPS) is 10.4. The summed E-state index contributed by atoms with van der Waals surface area (Å²) < 4.78 is 5.93. The molecule has 6 nitrogen and oxygen atoms in total. The Bertz CT molecular complexity index is 1130. The summed E-state index contributed by atoms with van der Waals surface area (Å²) in [4.78, 5) is 12.8. The number of para-hydroxylation sites is 1. The highest BCUT2D eigenvalue weighted by molar-refractivity contribution is 5.85. The third-order valence-electron chi connectivity index (χ3n) is 3.87. The van der Waals surface area contributed by atoms with Crippen molar-refractivity contribution in [3.63, 3.8) is 0 Å². The van der Waals surface area contributed by atoms with Crippen LogP contribution in [0.3, 0.4) is 0 Å². The molecule has 0 fully saturated rings. The molecule has 6 heteroatoms. The Balaban J connectivity index is 1.69. The van der Waals surface area contributed by atoms with Crippen LogP contribution in [0.15, 0.2) is 67.0 Å². The first-order chi connectivity index (χ1) is 12.7. The van der Waals surface area contributed by atoms with Gasteiger partial charge in [0.15, 0.2) is 5.75 Å². The van der Waals surface area contributed by atoms with E-state index in [2.05, 4.69) is 21.0 Å². The highest BCUT2D eigenvalue weighted by atomic mass is 16.5. The Hall–Kier alpha value is -3.98. The van der Waals surface area contributed by atoms with Crippen molar-refractivity contribution in [3.8, 4) is 29.0 Å². The fraction of sp³-hybridized carbons (Fsp3) is 0. The smallest absolute Gasteiger partial charge is 0.222 e.